The molecule has 0 spiro atoms. The minimum atomic E-state index is -0.605. The molecule has 0 aromatic rings. The summed E-state index contributed by atoms with van der Waals surface area (Å²) in [6.07, 6.45) is 0.216. The topological polar surface area (TPSA) is 46.6 Å². The van der Waals surface area contributed by atoms with Crippen LogP contribution in [0.15, 0.2) is 0 Å². The molecule has 0 N–H and O–H groups in total. The van der Waals surface area contributed by atoms with Crippen LogP contribution < -0.4 is 0 Å². The van der Waals surface area contributed by atoms with Crippen molar-refractivity contribution in [1.29, 1.82) is 0 Å². The molecule has 0 aliphatic rings. The van der Waals surface area contributed by atoms with Gasteiger partial charge < -0.3 is 9.64 Å². The van der Waals surface area contributed by atoms with Crippen LogP contribution in [0.5, 0.6) is 0 Å². The number of methoxy groups -OCH3 is 1. The quantitative estimate of drug-likeness (QED) is 0.530. The van der Waals surface area contributed by atoms with Crippen molar-refractivity contribution in [2.75, 3.05) is 26.1 Å². The van der Waals surface area contributed by atoms with Gasteiger partial charge in [0.15, 0.2) is 0 Å². The highest BCUT2D eigenvalue weighted by molar-refractivity contribution is 6.19. The van der Waals surface area contributed by atoms with Gasteiger partial charge in [-0.05, 0) is 19.8 Å². The van der Waals surface area contributed by atoms with Crippen LogP contribution in [0.4, 0.5) is 0 Å². The zero-order chi connectivity index (χ0) is 14.3. The third-order valence-electron chi connectivity index (χ3n) is 2.60. The molecule has 18 heavy (non-hydrogen) atoms. The summed E-state index contributed by atoms with van der Waals surface area (Å²) in [5.41, 5.74) is -0.605. The SMILES string of the molecule is COC(=O)CCN(CC(C)C)C(=O)C(C)(C)CCl. The highest BCUT2D eigenvalue weighted by Gasteiger charge is 2.31. The lowest BCUT2D eigenvalue weighted by molar-refractivity contribution is -0.144. The molecule has 0 rings (SSSR count). The van der Waals surface area contributed by atoms with Crippen LogP contribution in [0.3, 0.4) is 0 Å². The summed E-state index contributed by atoms with van der Waals surface area (Å²) in [7, 11) is 1.35. The Kier molecular flexibility index (Phi) is 7.29. The molecule has 0 aliphatic carbocycles. The number of hydrogen-bond acceptors (Lipinski definition) is 3. The van der Waals surface area contributed by atoms with Gasteiger partial charge in [0.2, 0.25) is 5.91 Å². The minimum absolute atomic E-state index is 0.0184. The van der Waals surface area contributed by atoms with Gasteiger partial charge in [-0.15, -0.1) is 11.6 Å². The number of nitrogens with zero attached hydrogens (tertiary/aromatic N) is 1. The standard InChI is InChI=1S/C13H24ClNO3/c1-10(2)8-15(7-6-11(16)18-5)12(17)13(3,4)9-14/h10H,6-9H2,1-5H3. The summed E-state index contributed by atoms with van der Waals surface area (Å²) in [5.74, 6) is 0.284. The van der Waals surface area contributed by atoms with Gasteiger partial charge >= 0.3 is 5.97 Å². The smallest absolute Gasteiger partial charge is 0.307 e. The summed E-state index contributed by atoms with van der Waals surface area (Å²) in [6, 6.07) is 0. The fraction of sp³-hybridized carbons (Fsp3) is 0.846. The molecule has 106 valence electrons. The molecule has 0 fully saturated rings. The van der Waals surface area contributed by atoms with Crippen LogP contribution in [0, 0.1) is 11.3 Å². The van der Waals surface area contributed by atoms with Crippen molar-refractivity contribution in [3.8, 4) is 0 Å². The summed E-state index contributed by atoms with van der Waals surface area (Å²) in [6.45, 7) is 8.69. The lowest BCUT2D eigenvalue weighted by Crippen LogP contribution is -2.44. The zero-order valence-electron chi connectivity index (χ0n) is 12.0. The van der Waals surface area contributed by atoms with E-state index in [-0.39, 0.29) is 24.2 Å². The van der Waals surface area contributed by atoms with Crippen molar-refractivity contribution in [2.24, 2.45) is 11.3 Å². The monoisotopic (exact) mass is 277 g/mol. The average molecular weight is 278 g/mol. The maximum Gasteiger partial charge on any atom is 0.307 e. The Morgan fingerprint density at radius 1 is 1.33 bits per heavy atom. The Bertz CT molecular complexity index is 290. The molecule has 0 saturated heterocycles. The second-order valence-electron chi connectivity index (χ2n) is 5.49. The van der Waals surface area contributed by atoms with Crippen molar-refractivity contribution < 1.29 is 14.3 Å². The van der Waals surface area contributed by atoms with Gasteiger partial charge in [-0.1, -0.05) is 13.8 Å². The fourth-order valence-corrected chi connectivity index (χ4v) is 1.64. The first-order valence-electron chi connectivity index (χ1n) is 6.16. The first kappa shape index (κ1) is 17.2. The molecule has 0 aliphatic heterocycles. The number of hydrogen-bond donors (Lipinski definition) is 0. The number of ether oxygens (including phenoxy) is 1. The van der Waals surface area contributed by atoms with Crippen LogP contribution >= 0.6 is 11.6 Å². The van der Waals surface area contributed by atoms with Gasteiger partial charge in [0, 0.05) is 19.0 Å². The maximum absolute atomic E-state index is 12.3. The van der Waals surface area contributed by atoms with Gasteiger partial charge in [-0.25, -0.2) is 0 Å². The number of amides is 1. The van der Waals surface area contributed by atoms with Crippen LogP contribution in [0.1, 0.15) is 34.1 Å². The Balaban J connectivity index is 4.67. The summed E-state index contributed by atoms with van der Waals surface area (Å²) < 4.78 is 4.59. The lowest BCUT2D eigenvalue weighted by Gasteiger charge is -2.31. The van der Waals surface area contributed by atoms with Gasteiger partial charge in [-0.3, -0.25) is 9.59 Å². The molecule has 0 radical (unpaired) electrons. The van der Waals surface area contributed by atoms with Crippen molar-refractivity contribution in [2.45, 2.75) is 34.1 Å². The van der Waals surface area contributed by atoms with Crippen LogP contribution in [0.25, 0.3) is 0 Å². The summed E-state index contributed by atoms with van der Waals surface area (Å²) in [4.78, 5) is 25.2. The molecule has 1 amide bonds. The van der Waals surface area contributed by atoms with Crippen LogP contribution in [-0.2, 0) is 14.3 Å². The summed E-state index contributed by atoms with van der Waals surface area (Å²) in [5, 5.41) is 0. The number of alkyl halides is 1. The Hall–Kier alpha value is -0.770. The van der Waals surface area contributed by atoms with E-state index in [0.717, 1.165) is 0 Å². The fourth-order valence-electron chi connectivity index (χ4n) is 1.53. The molecular weight excluding hydrogens is 254 g/mol. The van der Waals surface area contributed by atoms with Crippen molar-refractivity contribution in [3.63, 3.8) is 0 Å². The molecule has 0 aromatic carbocycles. The first-order valence-corrected chi connectivity index (χ1v) is 6.70. The van der Waals surface area contributed by atoms with Crippen LogP contribution in [-0.4, -0.2) is 42.9 Å². The molecule has 4 nitrogen and oxygen atoms in total. The third-order valence-corrected chi connectivity index (χ3v) is 3.27. The summed E-state index contributed by atoms with van der Waals surface area (Å²) >= 11 is 5.82. The molecule has 0 saturated carbocycles. The van der Waals surface area contributed by atoms with Crippen molar-refractivity contribution in [3.05, 3.63) is 0 Å². The van der Waals surface area contributed by atoms with Gasteiger partial charge in [-0.2, -0.15) is 0 Å². The normalized spacial score (nSPS) is 11.5. The van der Waals surface area contributed by atoms with Gasteiger partial charge in [0.1, 0.15) is 0 Å². The van der Waals surface area contributed by atoms with E-state index in [1.807, 2.05) is 27.7 Å². The second-order valence-corrected chi connectivity index (χ2v) is 5.76. The van der Waals surface area contributed by atoms with E-state index in [1.54, 1.807) is 4.90 Å². The number of carbonyl (C=O) groups is 2. The van der Waals surface area contributed by atoms with Gasteiger partial charge in [0.05, 0.1) is 18.9 Å². The zero-order valence-corrected chi connectivity index (χ0v) is 12.7. The third kappa shape index (κ3) is 5.71. The van der Waals surface area contributed by atoms with Crippen molar-refractivity contribution >= 4 is 23.5 Å². The minimum Gasteiger partial charge on any atom is -0.469 e. The molecule has 0 unspecified atom stereocenters. The lowest BCUT2D eigenvalue weighted by atomic mass is 9.93. The van der Waals surface area contributed by atoms with Crippen molar-refractivity contribution in [1.82, 2.24) is 4.90 Å². The van der Waals surface area contributed by atoms with E-state index >= 15 is 0 Å². The predicted octanol–water partition coefficient (Wildman–Crippen LogP) is 2.30. The number of rotatable bonds is 7. The Labute approximate surface area is 115 Å². The number of halogens is 1. The Morgan fingerprint density at radius 2 is 1.89 bits per heavy atom. The molecular formula is C13H24ClNO3. The average Bonchev–Trinajstić information content (AvgIpc) is 2.32. The first-order chi connectivity index (χ1) is 8.24. The highest BCUT2D eigenvalue weighted by atomic mass is 35.5. The molecule has 5 heteroatoms. The van der Waals surface area contributed by atoms with E-state index in [4.69, 9.17) is 11.6 Å². The second kappa shape index (κ2) is 7.62. The van der Waals surface area contributed by atoms with E-state index in [0.29, 0.717) is 19.0 Å². The maximum atomic E-state index is 12.3. The Morgan fingerprint density at radius 3 is 2.28 bits per heavy atom. The van der Waals surface area contributed by atoms with E-state index in [9.17, 15) is 9.59 Å². The molecule has 0 bridgehead atoms. The number of carbonyl (C=O) groups excluding carboxylic acids is 2. The van der Waals surface area contributed by atoms with Crippen LogP contribution in [0.2, 0.25) is 0 Å². The number of esters is 1. The van der Waals surface area contributed by atoms with E-state index in [1.165, 1.54) is 7.11 Å². The molecule has 0 aromatic heterocycles. The largest absolute Gasteiger partial charge is 0.469 e. The molecule has 0 heterocycles. The highest BCUT2D eigenvalue weighted by Crippen LogP contribution is 2.21. The predicted molar refractivity (Wildman–Crippen MR) is 72.6 cm³/mol. The molecule has 0 atom stereocenters. The van der Waals surface area contributed by atoms with E-state index in [2.05, 4.69) is 4.74 Å². The van der Waals surface area contributed by atoms with E-state index < -0.39 is 5.41 Å². The van der Waals surface area contributed by atoms with Gasteiger partial charge in [0.25, 0.3) is 0 Å².